The number of nitrogens with one attached hydrogen (secondary N) is 1. The van der Waals surface area contributed by atoms with Crippen LogP contribution in [-0.2, 0) is 21.9 Å². The molecule has 0 heterocycles. The van der Waals surface area contributed by atoms with Crippen LogP contribution in [0.3, 0.4) is 0 Å². The minimum atomic E-state index is -0.471. The number of nitrogens with zero attached hydrogens (tertiary/aromatic N) is 1. The Bertz CT molecular complexity index is 809. The zero-order chi connectivity index (χ0) is 21.9. The summed E-state index contributed by atoms with van der Waals surface area (Å²) < 4.78 is 0. The van der Waals surface area contributed by atoms with Crippen LogP contribution in [0.15, 0.2) is 48.5 Å². The van der Waals surface area contributed by atoms with Gasteiger partial charge in [0.05, 0.1) is 5.75 Å². The monoisotopic (exact) mass is 446 g/mol. The van der Waals surface area contributed by atoms with Crippen LogP contribution in [0.2, 0.25) is 5.02 Å². The van der Waals surface area contributed by atoms with Crippen LogP contribution in [0.4, 0.5) is 0 Å². The molecule has 0 spiro atoms. The number of amides is 2. The fourth-order valence-electron chi connectivity index (χ4n) is 3.10. The Morgan fingerprint density at radius 2 is 1.67 bits per heavy atom. The lowest BCUT2D eigenvalue weighted by Crippen LogP contribution is -2.49. The number of carbonyl (C=O) groups is 2. The van der Waals surface area contributed by atoms with Crippen molar-refractivity contribution in [1.82, 2.24) is 10.2 Å². The molecule has 0 aliphatic heterocycles. The first kappa shape index (κ1) is 24.3. The van der Waals surface area contributed by atoms with Crippen molar-refractivity contribution in [3.05, 3.63) is 70.2 Å². The van der Waals surface area contributed by atoms with E-state index in [9.17, 15) is 9.59 Å². The minimum Gasteiger partial charge on any atom is -0.354 e. The van der Waals surface area contributed by atoms with Gasteiger partial charge in [-0.2, -0.15) is 0 Å². The van der Waals surface area contributed by atoms with Gasteiger partial charge in [0.1, 0.15) is 6.04 Å². The molecule has 2 amide bonds. The van der Waals surface area contributed by atoms with Crippen molar-refractivity contribution in [2.75, 3.05) is 12.3 Å². The van der Waals surface area contributed by atoms with Gasteiger partial charge in [0, 0.05) is 23.9 Å². The molecular weight excluding hydrogens is 416 g/mol. The molecule has 2 aromatic carbocycles. The summed E-state index contributed by atoms with van der Waals surface area (Å²) in [7, 11) is 0. The molecule has 0 aromatic heterocycles. The highest BCUT2D eigenvalue weighted by molar-refractivity contribution is 7.99. The van der Waals surface area contributed by atoms with Crippen LogP contribution in [0.1, 0.15) is 43.4 Å². The Labute approximate surface area is 189 Å². The molecule has 0 radical (unpaired) electrons. The molecule has 2 rings (SSSR count). The van der Waals surface area contributed by atoms with Gasteiger partial charge >= 0.3 is 0 Å². The Balaban J connectivity index is 2.09. The first-order valence-corrected chi connectivity index (χ1v) is 11.9. The molecule has 6 heteroatoms. The van der Waals surface area contributed by atoms with Crippen molar-refractivity contribution in [3.63, 3.8) is 0 Å². The second-order valence-corrected chi connectivity index (χ2v) is 8.76. The Morgan fingerprint density at radius 3 is 2.27 bits per heavy atom. The standard InChI is InChI=1S/C24H31ClN2O2S/c1-4-14-26-24(29)22(5-2)27(15-19-8-6-18(3)7-9-19)23(28)17-30-16-20-10-12-21(25)13-11-20/h6-13,22H,4-5,14-17H2,1-3H3,(H,26,29). The molecule has 0 aliphatic carbocycles. The van der Waals surface area contributed by atoms with E-state index in [1.165, 1.54) is 5.56 Å². The maximum absolute atomic E-state index is 13.1. The van der Waals surface area contributed by atoms with Crippen molar-refractivity contribution >= 4 is 35.2 Å². The van der Waals surface area contributed by atoms with E-state index in [1.54, 1.807) is 16.7 Å². The van der Waals surface area contributed by atoms with Gasteiger partial charge in [-0.25, -0.2) is 0 Å². The van der Waals surface area contributed by atoms with E-state index >= 15 is 0 Å². The van der Waals surface area contributed by atoms with Crippen LogP contribution in [0.25, 0.3) is 0 Å². The first-order valence-electron chi connectivity index (χ1n) is 10.4. The van der Waals surface area contributed by atoms with Crippen molar-refractivity contribution < 1.29 is 9.59 Å². The fraction of sp³-hybridized carbons (Fsp3) is 0.417. The average molecular weight is 447 g/mol. The molecule has 162 valence electrons. The molecule has 2 aromatic rings. The van der Waals surface area contributed by atoms with Gasteiger partial charge in [0.15, 0.2) is 0 Å². The molecule has 1 unspecified atom stereocenters. The number of rotatable bonds is 11. The summed E-state index contributed by atoms with van der Waals surface area (Å²) in [6.07, 6.45) is 1.44. The molecule has 1 N–H and O–H groups in total. The SMILES string of the molecule is CCCNC(=O)C(CC)N(Cc1ccc(C)cc1)C(=O)CSCc1ccc(Cl)cc1. The predicted molar refractivity (Wildman–Crippen MR) is 127 cm³/mol. The number of hydrogen-bond acceptors (Lipinski definition) is 3. The van der Waals surface area contributed by atoms with Crippen molar-refractivity contribution in [2.45, 2.75) is 52.0 Å². The van der Waals surface area contributed by atoms with Crippen molar-refractivity contribution in [3.8, 4) is 0 Å². The van der Waals surface area contributed by atoms with E-state index in [0.717, 1.165) is 23.3 Å². The third-order valence-electron chi connectivity index (χ3n) is 4.82. The van der Waals surface area contributed by atoms with Gasteiger partial charge in [-0.15, -0.1) is 11.8 Å². The highest BCUT2D eigenvalue weighted by Crippen LogP contribution is 2.19. The van der Waals surface area contributed by atoms with Gasteiger partial charge in [0.25, 0.3) is 0 Å². The molecule has 1 atom stereocenters. The number of aryl methyl sites for hydroxylation is 1. The zero-order valence-electron chi connectivity index (χ0n) is 18.0. The van der Waals surface area contributed by atoms with Crippen LogP contribution < -0.4 is 5.32 Å². The molecule has 0 aliphatic rings. The molecule has 0 saturated carbocycles. The van der Waals surface area contributed by atoms with Gasteiger partial charge in [-0.3, -0.25) is 9.59 Å². The summed E-state index contributed by atoms with van der Waals surface area (Å²) in [6, 6.07) is 15.3. The number of benzene rings is 2. The van der Waals surface area contributed by atoms with Gasteiger partial charge in [-0.05, 0) is 43.0 Å². The van der Waals surface area contributed by atoms with E-state index < -0.39 is 6.04 Å². The Hall–Kier alpha value is -1.98. The third-order valence-corrected chi connectivity index (χ3v) is 6.06. The second kappa shape index (κ2) is 12.7. The smallest absolute Gasteiger partial charge is 0.242 e. The predicted octanol–water partition coefficient (Wildman–Crippen LogP) is 5.22. The average Bonchev–Trinajstić information content (AvgIpc) is 2.74. The maximum atomic E-state index is 13.1. The fourth-order valence-corrected chi connectivity index (χ4v) is 4.09. The summed E-state index contributed by atoms with van der Waals surface area (Å²) in [5, 5.41) is 3.65. The van der Waals surface area contributed by atoms with E-state index in [-0.39, 0.29) is 11.8 Å². The molecule has 4 nitrogen and oxygen atoms in total. The highest BCUT2D eigenvalue weighted by atomic mass is 35.5. The Kier molecular flexibility index (Phi) is 10.2. The highest BCUT2D eigenvalue weighted by Gasteiger charge is 2.28. The van der Waals surface area contributed by atoms with Gasteiger partial charge in [0.2, 0.25) is 11.8 Å². The van der Waals surface area contributed by atoms with Crippen LogP contribution in [-0.4, -0.2) is 35.1 Å². The van der Waals surface area contributed by atoms with E-state index in [0.29, 0.717) is 30.3 Å². The van der Waals surface area contributed by atoms with Crippen molar-refractivity contribution in [1.29, 1.82) is 0 Å². The lowest BCUT2D eigenvalue weighted by Gasteiger charge is -2.30. The second-order valence-electron chi connectivity index (χ2n) is 7.34. The Morgan fingerprint density at radius 1 is 1.03 bits per heavy atom. The third kappa shape index (κ3) is 7.69. The quantitative estimate of drug-likeness (QED) is 0.515. The summed E-state index contributed by atoms with van der Waals surface area (Å²) in [5.74, 6) is 0.946. The van der Waals surface area contributed by atoms with E-state index in [1.807, 2.05) is 69.3 Å². The van der Waals surface area contributed by atoms with E-state index in [4.69, 9.17) is 11.6 Å². The summed E-state index contributed by atoms with van der Waals surface area (Å²) in [5.41, 5.74) is 3.32. The van der Waals surface area contributed by atoms with Crippen molar-refractivity contribution in [2.24, 2.45) is 0 Å². The summed E-state index contributed by atoms with van der Waals surface area (Å²) in [6.45, 7) is 7.05. The van der Waals surface area contributed by atoms with E-state index in [2.05, 4.69) is 5.32 Å². The summed E-state index contributed by atoms with van der Waals surface area (Å²) >= 11 is 7.49. The van der Waals surface area contributed by atoms with Crippen LogP contribution in [0, 0.1) is 6.92 Å². The number of halogens is 1. The molecular formula is C24H31ClN2O2S. The van der Waals surface area contributed by atoms with Crippen LogP contribution in [0.5, 0.6) is 0 Å². The number of hydrogen-bond donors (Lipinski definition) is 1. The first-order chi connectivity index (χ1) is 14.4. The number of thioether (sulfide) groups is 1. The zero-order valence-corrected chi connectivity index (χ0v) is 19.6. The van der Waals surface area contributed by atoms with Crippen LogP contribution >= 0.6 is 23.4 Å². The lowest BCUT2D eigenvalue weighted by atomic mass is 10.1. The molecule has 0 saturated heterocycles. The normalized spacial score (nSPS) is 11.7. The molecule has 0 bridgehead atoms. The largest absolute Gasteiger partial charge is 0.354 e. The lowest BCUT2D eigenvalue weighted by molar-refractivity contribution is -0.139. The maximum Gasteiger partial charge on any atom is 0.242 e. The minimum absolute atomic E-state index is 0.0203. The topological polar surface area (TPSA) is 49.4 Å². The molecule has 30 heavy (non-hydrogen) atoms. The molecule has 0 fully saturated rings. The number of carbonyl (C=O) groups excluding carboxylic acids is 2. The van der Waals surface area contributed by atoms with Gasteiger partial charge in [-0.1, -0.05) is 67.4 Å². The van der Waals surface area contributed by atoms with Gasteiger partial charge < -0.3 is 10.2 Å². The summed E-state index contributed by atoms with van der Waals surface area (Å²) in [4.78, 5) is 27.6.